The number of benzene rings is 1. The van der Waals surface area contributed by atoms with Crippen molar-refractivity contribution in [2.45, 2.75) is 20.0 Å². The van der Waals surface area contributed by atoms with Crippen LogP contribution >= 0.6 is 0 Å². The van der Waals surface area contributed by atoms with Crippen LogP contribution in [0.4, 0.5) is 0 Å². The van der Waals surface area contributed by atoms with Gasteiger partial charge in [0.25, 0.3) is 0 Å². The summed E-state index contributed by atoms with van der Waals surface area (Å²) in [5.41, 5.74) is 1.00. The molecule has 20 heavy (non-hydrogen) atoms. The second-order valence-electron chi connectivity index (χ2n) is 5.14. The number of ether oxygens (including phenoxy) is 1. The SMILES string of the molecule is CC(C)Oc1ccc(/C=C/C(=O)N2CCNCC2)cc1. The second-order valence-corrected chi connectivity index (χ2v) is 5.14. The fourth-order valence-electron chi connectivity index (χ4n) is 2.09. The Bertz CT molecular complexity index is 460. The molecule has 1 aliphatic rings. The number of amides is 1. The highest BCUT2D eigenvalue weighted by Crippen LogP contribution is 2.14. The summed E-state index contributed by atoms with van der Waals surface area (Å²) >= 11 is 0. The van der Waals surface area contributed by atoms with Gasteiger partial charge in [-0.1, -0.05) is 12.1 Å². The van der Waals surface area contributed by atoms with Gasteiger partial charge in [0.05, 0.1) is 6.10 Å². The number of hydrogen-bond donors (Lipinski definition) is 1. The van der Waals surface area contributed by atoms with Gasteiger partial charge < -0.3 is 15.0 Å². The van der Waals surface area contributed by atoms with Crippen molar-refractivity contribution in [2.24, 2.45) is 0 Å². The summed E-state index contributed by atoms with van der Waals surface area (Å²) in [7, 11) is 0. The average molecular weight is 274 g/mol. The Morgan fingerprint density at radius 3 is 2.50 bits per heavy atom. The van der Waals surface area contributed by atoms with Gasteiger partial charge >= 0.3 is 0 Å². The monoisotopic (exact) mass is 274 g/mol. The van der Waals surface area contributed by atoms with Crippen LogP contribution in [-0.2, 0) is 4.79 Å². The number of nitrogens with one attached hydrogen (secondary N) is 1. The Kier molecular flexibility index (Phi) is 5.18. The molecule has 2 rings (SSSR count). The lowest BCUT2D eigenvalue weighted by Crippen LogP contribution is -2.45. The van der Waals surface area contributed by atoms with Gasteiger partial charge in [-0.2, -0.15) is 0 Å². The van der Waals surface area contributed by atoms with E-state index in [-0.39, 0.29) is 12.0 Å². The molecule has 0 atom stereocenters. The number of piperazine rings is 1. The molecule has 1 aromatic carbocycles. The van der Waals surface area contributed by atoms with Crippen LogP contribution in [0.2, 0.25) is 0 Å². The zero-order chi connectivity index (χ0) is 14.4. The fourth-order valence-corrected chi connectivity index (χ4v) is 2.09. The van der Waals surface area contributed by atoms with E-state index in [1.165, 1.54) is 0 Å². The van der Waals surface area contributed by atoms with E-state index in [1.54, 1.807) is 6.08 Å². The first-order valence-corrected chi connectivity index (χ1v) is 7.09. The van der Waals surface area contributed by atoms with Crippen LogP contribution in [0.3, 0.4) is 0 Å². The predicted octanol–water partition coefficient (Wildman–Crippen LogP) is 1.92. The van der Waals surface area contributed by atoms with E-state index in [4.69, 9.17) is 4.74 Å². The lowest BCUT2D eigenvalue weighted by molar-refractivity contribution is -0.126. The highest BCUT2D eigenvalue weighted by molar-refractivity contribution is 5.91. The second kappa shape index (κ2) is 7.10. The Morgan fingerprint density at radius 1 is 1.25 bits per heavy atom. The van der Waals surface area contributed by atoms with Crippen molar-refractivity contribution in [1.29, 1.82) is 0 Å². The number of rotatable bonds is 4. The lowest BCUT2D eigenvalue weighted by atomic mass is 10.2. The van der Waals surface area contributed by atoms with Gasteiger partial charge in [0.15, 0.2) is 0 Å². The highest BCUT2D eigenvalue weighted by Gasteiger charge is 2.12. The summed E-state index contributed by atoms with van der Waals surface area (Å²) in [5, 5.41) is 3.23. The molecule has 1 saturated heterocycles. The lowest BCUT2D eigenvalue weighted by Gasteiger charge is -2.26. The molecule has 108 valence electrons. The summed E-state index contributed by atoms with van der Waals surface area (Å²) in [6.45, 7) is 7.32. The van der Waals surface area contributed by atoms with E-state index in [0.29, 0.717) is 0 Å². The summed E-state index contributed by atoms with van der Waals surface area (Å²) in [6.07, 6.45) is 3.67. The summed E-state index contributed by atoms with van der Waals surface area (Å²) in [5.74, 6) is 0.930. The number of nitrogens with zero attached hydrogens (tertiary/aromatic N) is 1. The first-order valence-electron chi connectivity index (χ1n) is 7.09. The van der Waals surface area contributed by atoms with Gasteiger partial charge in [0.2, 0.25) is 5.91 Å². The highest BCUT2D eigenvalue weighted by atomic mass is 16.5. The summed E-state index contributed by atoms with van der Waals surface area (Å²) < 4.78 is 5.58. The fraction of sp³-hybridized carbons (Fsp3) is 0.438. The predicted molar refractivity (Wildman–Crippen MR) is 80.7 cm³/mol. The Morgan fingerprint density at radius 2 is 1.90 bits per heavy atom. The van der Waals surface area contributed by atoms with Crippen molar-refractivity contribution in [2.75, 3.05) is 26.2 Å². The summed E-state index contributed by atoms with van der Waals surface area (Å²) in [4.78, 5) is 13.8. The maximum Gasteiger partial charge on any atom is 0.246 e. The van der Waals surface area contributed by atoms with Crippen molar-refractivity contribution in [1.82, 2.24) is 10.2 Å². The maximum absolute atomic E-state index is 12.0. The molecule has 1 fully saturated rings. The standard InChI is InChI=1S/C16H22N2O2/c1-13(2)20-15-6-3-14(4-7-15)5-8-16(19)18-11-9-17-10-12-18/h3-8,13,17H,9-12H2,1-2H3/b8-5+. The van der Waals surface area contributed by atoms with E-state index < -0.39 is 0 Å². The smallest absolute Gasteiger partial charge is 0.246 e. The van der Waals surface area contributed by atoms with Gasteiger partial charge in [-0.05, 0) is 37.6 Å². The molecule has 1 aromatic rings. The summed E-state index contributed by atoms with van der Waals surface area (Å²) in [6, 6.07) is 7.77. The van der Waals surface area contributed by atoms with Gasteiger partial charge in [0, 0.05) is 32.3 Å². The van der Waals surface area contributed by atoms with Crippen molar-refractivity contribution >= 4 is 12.0 Å². The zero-order valence-corrected chi connectivity index (χ0v) is 12.1. The molecule has 0 spiro atoms. The Balaban J connectivity index is 1.91. The molecule has 0 radical (unpaired) electrons. The van der Waals surface area contributed by atoms with Crippen LogP contribution in [0.25, 0.3) is 6.08 Å². The largest absolute Gasteiger partial charge is 0.491 e. The van der Waals surface area contributed by atoms with Crippen LogP contribution < -0.4 is 10.1 Å². The average Bonchev–Trinajstić information content (AvgIpc) is 2.46. The molecule has 1 N–H and O–H groups in total. The third kappa shape index (κ3) is 4.38. The minimum absolute atomic E-state index is 0.0778. The molecule has 0 unspecified atom stereocenters. The number of carbonyl (C=O) groups is 1. The Hall–Kier alpha value is -1.81. The van der Waals surface area contributed by atoms with Gasteiger partial charge in [0.1, 0.15) is 5.75 Å². The molecule has 0 aromatic heterocycles. The van der Waals surface area contributed by atoms with E-state index in [2.05, 4.69) is 5.32 Å². The number of carbonyl (C=O) groups excluding carboxylic acids is 1. The molecule has 1 aliphatic heterocycles. The molecule has 0 bridgehead atoms. The molecule has 1 heterocycles. The van der Waals surface area contributed by atoms with Crippen LogP contribution in [0.15, 0.2) is 30.3 Å². The quantitative estimate of drug-likeness (QED) is 0.853. The van der Waals surface area contributed by atoms with Crippen molar-refractivity contribution in [3.05, 3.63) is 35.9 Å². The van der Waals surface area contributed by atoms with Crippen LogP contribution in [-0.4, -0.2) is 43.1 Å². The van der Waals surface area contributed by atoms with E-state index in [1.807, 2.05) is 49.1 Å². The Labute approximate surface area is 120 Å². The topological polar surface area (TPSA) is 41.6 Å². The van der Waals surface area contributed by atoms with E-state index in [9.17, 15) is 4.79 Å². The first-order chi connectivity index (χ1) is 9.65. The molecular formula is C16H22N2O2. The van der Waals surface area contributed by atoms with Crippen molar-refractivity contribution < 1.29 is 9.53 Å². The van der Waals surface area contributed by atoms with Crippen LogP contribution in [0, 0.1) is 0 Å². The molecule has 1 amide bonds. The van der Waals surface area contributed by atoms with Gasteiger partial charge in [-0.3, -0.25) is 4.79 Å². The maximum atomic E-state index is 12.0. The molecular weight excluding hydrogens is 252 g/mol. The third-order valence-corrected chi connectivity index (χ3v) is 3.10. The van der Waals surface area contributed by atoms with Crippen molar-refractivity contribution in [3.8, 4) is 5.75 Å². The molecule has 0 saturated carbocycles. The van der Waals surface area contributed by atoms with Crippen molar-refractivity contribution in [3.63, 3.8) is 0 Å². The van der Waals surface area contributed by atoms with Gasteiger partial charge in [-0.15, -0.1) is 0 Å². The van der Waals surface area contributed by atoms with E-state index >= 15 is 0 Å². The van der Waals surface area contributed by atoms with Crippen LogP contribution in [0.5, 0.6) is 5.75 Å². The van der Waals surface area contributed by atoms with Gasteiger partial charge in [-0.25, -0.2) is 0 Å². The molecule has 4 heteroatoms. The van der Waals surface area contributed by atoms with Crippen LogP contribution in [0.1, 0.15) is 19.4 Å². The number of hydrogen-bond acceptors (Lipinski definition) is 3. The minimum Gasteiger partial charge on any atom is -0.491 e. The first kappa shape index (κ1) is 14.6. The molecule has 4 nitrogen and oxygen atoms in total. The third-order valence-electron chi connectivity index (χ3n) is 3.10. The minimum atomic E-state index is 0.0778. The van der Waals surface area contributed by atoms with E-state index in [0.717, 1.165) is 37.5 Å². The zero-order valence-electron chi connectivity index (χ0n) is 12.1. The molecule has 0 aliphatic carbocycles. The normalized spacial score (nSPS) is 15.8.